The van der Waals surface area contributed by atoms with E-state index >= 15 is 0 Å². The molecule has 0 aromatic heterocycles. The number of ether oxygens (including phenoxy) is 3. The molecular weight excluding hydrogens is 410 g/mol. The molecule has 2 aromatic carbocycles. The Morgan fingerprint density at radius 1 is 1.00 bits per heavy atom. The number of carbonyl (C=O) groups is 2. The summed E-state index contributed by atoms with van der Waals surface area (Å²) >= 11 is 0. The van der Waals surface area contributed by atoms with Crippen molar-refractivity contribution < 1.29 is 23.8 Å². The van der Waals surface area contributed by atoms with Crippen LogP contribution in [0.15, 0.2) is 48.5 Å². The zero-order valence-corrected chi connectivity index (χ0v) is 18.5. The highest BCUT2D eigenvalue weighted by Gasteiger charge is 2.49. The van der Waals surface area contributed by atoms with Crippen molar-refractivity contribution in [3.63, 3.8) is 0 Å². The number of amides is 1. The lowest BCUT2D eigenvalue weighted by Gasteiger charge is -2.18. The first kappa shape index (κ1) is 22.3. The first-order valence-electron chi connectivity index (χ1n) is 10.7. The predicted octanol–water partition coefficient (Wildman–Crippen LogP) is 2.83. The second-order valence-corrected chi connectivity index (χ2v) is 8.35. The third kappa shape index (κ3) is 5.09. The second-order valence-electron chi connectivity index (χ2n) is 8.35. The molecule has 4 rings (SSSR count). The van der Waals surface area contributed by atoms with Crippen LogP contribution in [-0.2, 0) is 20.8 Å². The van der Waals surface area contributed by atoms with Gasteiger partial charge in [0.05, 0.1) is 19.3 Å². The average Bonchev–Trinajstić information content (AvgIpc) is 3.36. The van der Waals surface area contributed by atoms with E-state index in [0.29, 0.717) is 31.0 Å². The van der Waals surface area contributed by atoms with Gasteiger partial charge in [0.15, 0.2) is 11.9 Å². The minimum absolute atomic E-state index is 0.0274. The Balaban J connectivity index is 1.26. The highest BCUT2D eigenvalue weighted by molar-refractivity contribution is 5.94. The van der Waals surface area contributed by atoms with E-state index in [1.54, 1.807) is 24.3 Å². The molecule has 0 aliphatic carbocycles. The molecule has 0 saturated carbocycles. The van der Waals surface area contributed by atoms with Crippen LogP contribution in [0.4, 0.5) is 16.2 Å². The topological polar surface area (TPSA) is 89.1 Å². The van der Waals surface area contributed by atoms with Gasteiger partial charge in [-0.15, -0.1) is 0 Å². The SMILES string of the molecule is CC(=O)c1ccc(NC(=O)O[C@@H]2CO[C@H]3[C@@H]2OC[C@@H]3NCc2ccc(N(C)C)cc2)cc1. The van der Waals surface area contributed by atoms with Gasteiger partial charge in [0, 0.05) is 37.6 Å². The largest absolute Gasteiger partial charge is 0.441 e. The predicted molar refractivity (Wildman–Crippen MR) is 121 cm³/mol. The van der Waals surface area contributed by atoms with E-state index in [1.807, 2.05) is 14.1 Å². The van der Waals surface area contributed by atoms with Gasteiger partial charge in [-0.3, -0.25) is 10.1 Å². The number of rotatable bonds is 7. The van der Waals surface area contributed by atoms with Crippen LogP contribution in [0, 0.1) is 0 Å². The fourth-order valence-electron chi connectivity index (χ4n) is 3.97. The van der Waals surface area contributed by atoms with Gasteiger partial charge in [-0.05, 0) is 48.9 Å². The molecule has 0 unspecified atom stereocenters. The molecule has 4 atom stereocenters. The molecule has 0 bridgehead atoms. The van der Waals surface area contributed by atoms with Gasteiger partial charge in [0.25, 0.3) is 0 Å². The van der Waals surface area contributed by atoms with E-state index in [2.05, 4.69) is 39.8 Å². The fourth-order valence-corrected chi connectivity index (χ4v) is 3.97. The number of carbonyl (C=O) groups excluding carboxylic acids is 2. The van der Waals surface area contributed by atoms with Gasteiger partial charge < -0.3 is 24.4 Å². The van der Waals surface area contributed by atoms with Gasteiger partial charge in [0.2, 0.25) is 0 Å². The summed E-state index contributed by atoms with van der Waals surface area (Å²) in [5.41, 5.74) is 3.48. The van der Waals surface area contributed by atoms with Gasteiger partial charge in [0.1, 0.15) is 12.2 Å². The number of Topliss-reactive ketones (excluding diaryl/α,β-unsaturated/α-hetero) is 1. The molecule has 32 heavy (non-hydrogen) atoms. The van der Waals surface area contributed by atoms with Gasteiger partial charge in [-0.2, -0.15) is 0 Å². The van der Waals surface area contributed by atoms with Crippen molar-refractivity contribution >= 4 is 23.3 Å². The van der Waals surface area contributed by atoms with Crippen LogP contribution in [0.25, 0.3) is 0 Å². The van der Waals surface area contributed by atoms with Crippen molar-refractivity contribution in [1.29, 1.82) is 0 Å². The van der Waals surface area contributed by atoms with Crippen molar-refractivity contribution in [3.05, 3.63) is 59.7 Å². The highest BCUT2D eigenvalue weighted by Crippen LogP contribution is 2.29. The average molecular weight is 440 g/mol. The number of fused-ring (bicyclic) bond motifs is 1. The number of benzene rings is 2. The van der Waals surface area contributed by atoms with Crippen LogP contribution in [0.2, 0.25) is 0 Å². The normalized spacial score (nSPS) is 24.1. The summed E-state index contributed by atoms with van der Waals surface area (Å²) in [4.78, 5) is 25.7. The summed E-state index contributed by atoms with van der Waals surface area (Å²) in [5.74, 6) is -0.0274. The quantitative estimate of drug-likeness (QED) is 0.642. The Morgan fingerprint density at radius 2 is 1.69 bits per heavy atom. The summed E-state index contributed by atoms with van der Waals surface area (Å²) < 4.78 is 17.3. The summed E-state index contributed by atoms with van der Waals surface area (Å²) in [6.45, 7) is 3.00. The van der Waals surface area contributed by atoms with Crippen LogP contribution in [0.5, 0.6) is 0 Å². The lowest BCUT2D eigenvalue weighted by atomic mass is 10.1. The zero-order valence-electron chi connectivity index (χ0n) is 18.5. The third-order valence-electron chi connectivity index (χ3n) is 5.83. The first-order valence-corrected chi connectivity index (χ1v) is 10.7. The molecule has 2 aliphatic heterocycles. The van der Waals surface area contributed by atoms with Crippen LogP contribution >= 0.6 is 0 Å². The molecule has 0 spiro atoms. The molecule has 2 aliphatic rings. The summed E-state index contributed by atoms with van der Waals surface area (Å²) in [6, 6.07) is 15.1. The Morgan fingerprint density at radius 3 is 2.34 bits per heavy atom. The number of anilines is 2. The van der Waals surface area contributed by atoms with E-state index in [9.17, 15) is 9.59 Å². The van der Waals surface area contributed by atoms with Crippen molar-refractivity contribution in [2.24, 2.45) is 0 Å². The van der Waals surface area contributed by atoms with E-state index in [1.165, 1.54) is 12.5 Å². The van der Waals surface area contributed by atoms with E-state index in [0.717, 1.165) is 5.69 Å². The summed E-state index contributed by atoms with van der Waals surface area (Å²) in [6.07, 6.45) is -1.50. The highest BCUT2D eigenvalue weighted by atomic mass is 16.6. The minimum atomic E-state index is -0.573. The molecule has 0 radical (unpaired) electrons. The van der Waals surface area contributed by atoms with Crippen LogP contribution in [0.3, 0.4) is 0 Å². The Hall–Kier alpha value is -2.94. The Labute approximate surface area is 187 Å². The molecule has 2 aromatic rings. The zero-order chi connectivity index (χ0) is 22.7. The first-order chi connectivity index (χ1) is 15.4. The summed E-state index contributed by atoms with van der Waals surface area (Å²) in [5, 5.41) is 6.18. The maximum absolute atomic E-state index is 12.3. The van der Waals surface area contributed by atoms with Crippen LogP contribution in [-0.4, -0.2) is 63.5 Å². The van der Waals surface area contributed by atoms with Gasteiger partial charge in [-0.25, -0.2) is 4.79 Å². The molecule has 2 N–H and O–H groups in total. The number of hydrogen-bond acceptors (Lipinski definition) is 7. The second kappa shape index (κ2) is 9.68. The number of ketones is 1. The Kier molecular flexibility index (Phi) is 6.74. The van der Waals surface area contributed by atoms with Crippen molar-refractivity contribution in [2.45, 2.75) is 37.8 Å². The molecule has 2 saturated heterocycles. The molecule has 2 fully saturated rings. The van der Waals surface area contributed by atoms with E-state index < -0.39 is 12.2 Å². The van der Waals surface area contributed by atoms with E-state index in [-0.39, 0.29) is 24.0 Å². The van der Waals surface area contributed by atoms with Gasteiger partial charge >= 0.3 is 6.09 Å². The standard InChI is InChI=1S/C24H29N3O5/c1-15(28)17-6-8-18(9-7-17)26-24(29)32-21-14-31-22-20(13-30-23(21)22)25-12-16-4-10-19(11-5-16)27(2)3/h4-11,20-23,25H,12-14H2,1-3H3,(H,26,29)/t20-,21+,22+,23+/m0/s1. The van der Waals surface area contributed by atoms with Crippen LogP contribution in [0.1, 0.15) is 22.8 Å². The monoisotopic (exact) mass is 439 g/mol. The van der Waals surface area contributed by atoms with Crippen molar-refractivity contribution in [3.8, 4) is 0 Å². The molecule has 170 valence electrons. The van der Waals surface area contributed by atoms with Crippen molar-refractivity contribution in [2.75, 3.05) is 37.5 Å². The smallest absolute Gasteiger partial charge is 0.412 e. The Bertz CT molecular complexity index is 945. The van der Waals surface area contributed by atoms with Crippen molar-refractivity contribution in [1.82, 2.24) is 5.32 Å². The van der Waals surface area contributed by atoms with Gasteiger partial charge in [-0.1, -0.05) is 12.1 Å². The lowest BCUT2D eigenvalue weighted by molar-refractivity contribution is 0.00854. The molecule has 8 nitrogen and oxygen atoms in total. The minimum Gasteiger partial charge on any atom is -0.441 e. The molecule has 8 heteroatoms. The van der Waals surface area contributed by atoms with E-state index in [4.69, 9.17) is 14.2 Å². The number of nitrogens with one attached hydrogen (secondary N) is 2. The third-order valence-corrected chi connectivity index (χ3v) is 5.83. The summed E-state index contributed by atoms with van der Waals surface area (Å²) in [7, 11) is 4.04. The molecular formula is C24H29N3O5. The lowest BCUT2D eigenvalue weighted by Crippen LogP contribution is -2.41. The maximum Gasteiger partial charge on any atom is 0.412 e. The molecule has 1 amide bonds. The maximum atomic E-state index is 12.3. The number of hydrogen-bond donors (Lipinski definition) is 2. The number of nitrogens with zero attached hydrogens (tertiary/aromatic N) is 1. The molecule has 2 heterocycles. The fraction of sp³-hybridized carbons (Fsp3) is 0.417. The van der Waals surface area contributed by atoms with Crippen LogP contribution < -0.4 is 15.5 Å².